The maximum Gasteiger partial charge on any atom is 0.232 e. The largest absolute Gasteiger partial charge is 0.396 e. The molecule has 0 unspecified atom stereocenters. The highest BCUT2D eigenvalue weighted by Gasteiger charge is 2.15. The number of hydrogen-bond donors (Lipinski definition) is 1. The Morgan fingerprint density at radius 1 is 1.37 bits per heavy atom. The lowest BCUT2D eigenvalue weighted by atomic mass is 10.1. The predicted molar refractivity (Wildman–Crippen MR) is 72.2 cm³/mol. The molecule has 1 heterocycles. The van der Waals surface area contributed by atoms with Gasteiger partial charge in [0.15, 0.2) is 5.82 Å². The van der Waals surface area contributed by atoms with E-state index in [9.17, 15) is 9.18 Å². The highest BCUT2D eigenvalue weighted by atomic mass is 19.1. The number of rotatable bonds is 3. The zero-order valence-corrected chi connectivity index (χ0v) is 10.5. The van der Waals surface area contributed by atoms with Crippen LogP contribution in [0.4, 0.5) is 15.9 Å². The molecule has 19 heavy (non-hydrogen) atoms. The van der Waals surface area contributed by atoms with Gasteiger partial charge in [-0.05, 0) is 29.8 Å². The van der Waals surface area contributed by atoms with Crippen molar-refractivity contribution in [1.29, 1.82) is 0 Å². The minimum Gasteiger partial charge on any atom is -0.396 e. The molecule has 0 saturated heterocycles. The van der Waals surface area contributed by atoms with E-state index in [4.69, 9.17) is 5.73 Å². The number of hydrogen-bond acceptors (Lipinski definition) is 3. The molecular formula is C14H14FN3O. The highest BCUT2D eigenvalue weighted by molar-refractivity contribution is 5.95. The van der Waals surface area contributed by atoms with Gasteiger partial charge in [-0.3, -0.25) is 9.69 Å². The fraction of sp³-hybridized carbons (Fsp3) is 0.143. The summed E-state index contributed by atoms with van der Waals surface area (Å²) in [5.41, 5.74) is 6.81. The van der Waals surface area contributed by atoms with Crippen LogP contribution in [0.2, 0.25) is 0 Å². The predicted octanol–water partition coefficient (Wildman–Crippen LogP) is 2.01. The second-order valence-electron chi connectivity index (χ2n) is 4.18. The Morgan fingerprint density at radius 2 is 2.16 bits per heavy atom. The summed E-state index contributed by atoms with van der Waals surface area (Å²) in [4.78, 5) is 17.5. The Hall–Kier alpha value is -2.43. The molecule has 0 fully saturated rings. The van der Waals surface area contributed by atoms with Gasteiger partial charge >= 0.3 is 0 Å². The van der Waals surface area contributed by atoms with Gasteiger partial charge in [-0.1, -0.05) is 12.1 Å². The van der Waals surface area contributed by atoms with Gasteiger partial charge in [0.25, 0.3) is 0 Å². The summed E-state index contributed by atoms with van der Waals surface area (Å²) in [5, 5.41) is 0. The van der Waals surface area contributed by atoms with Gasteiger partial charge in [0, 0.05) is 13.2 Å². The molecule has 0 saturated carbocycles. The molecule has 0 bridgehead atoms. The lowest BCUT2D eigenvalue weighted by Crippen LogP contribution is -2.29. The Balaban J connectivity index is 2.14. The summed E-state index contributed by atoms with van der Waals surface area (Å²) < 4.78 is 13.0. The quantitative estimate of drug-likeness (QED) is 0.917. The van der Waals surface area contributed by atoms with Gasteiger partial charge in [0.1, 0.15) is 5.82 Å². The number of pyridine rings is 1. The van der Waals surface area contributed by atoms with Crippen LogP contribution in [0, 0.1) is 5.82 Å². The molecule has 0 atom stereocenters. The van der Waals surface area contributed by atoms with E-state index in [0.29, 0.717) is 17.1 Å². The van der Waals surface area contributed by atoms with Gasteiger partial charge < -0.3 is 5.73 Å². The van der Waals surface area contributed by atoms with Crippen LogP contribution < -0.4 is 10.6 Å². The number of carbonyl (C=O) groups excluding carboxylic acids is 1. The van der Waals surface area contributed by atoms with Crippen molar-refractivity contribution in [2.24, 2.45) is 0 Å². The summed E-state index contributed by atoms with van der Waals surface area (Å²) in [6, 6.07) is 9.34. The molecule has 1 amide bonds. The van der Waals surface area contributed by atoms with Crippen LogP contribution in [0.3, 0.4) is 0 Å². The first-order valence-electron chi connectivity index (χ1n) is 5.79. The average molecular weight is 259 g/mol. The van der Waals surface area contributed by atoms with E-state index in [1.165, 1.54) is 17.0 Å². The van der Waals surface area contributed by atoms with Crippen molar-refractivity contribution in [2.75, 3.05) is 17.7 Å². The van der Waals surface area contributed by atoms with Gasteiger partial charge in [0.2, 0.25) is 5.91 Å². The molecule has 2 N–H and O–H groups in total. The van der Waals surface area contributed by atoms with Crippen LogP contribution in [-0.4, -0.2) is 17.9 Å². The Morgan fingerprint density at radius 3 is 2.84 bits per heavy atom. The molecule has 2 aromatic rings. The molecule has 1 aromatic heterocycles. The second-order valence-corrected chi connectivity index (χ2v) is 4.18. The van der Waals surface area contributed by atoms with Crippen molar-refractivity contribution < 1.29 is 9.18 Å². The van der Waals surface area contributed by atoms with Crippen molar-refractivity contribution in [2.45, 2.75) is 6.42 Å². The normalized spacial score (nSPS) is 10.2. The molecular weight excluding hydrogens is 245 g/mol. The van der Waals surface area contributed by atoms with Crippen LogP contribution in [0.15, 0.2) is 42.6 Å². The minimum absolute atomic E-state index is 0.101. The molecule has 0 aliphatic carbocycles. The smallest absolute Gasteiger partial charge is 0.232 e. The Kier molecular flexibility index (Phi) is 3.75. The third kappa shape index (κ3) is 3.07. The number of amides is 1. The molecule has 0 radical (unpaired) electrons. The molecule has 98 valence electrons. The number of likely N-dealkylation sites (N-methyl/N-ethyl adjacent to an activating group) is 1. The Bertz CT molecular complexity index is 601. The number of nitrogens with two attached hydrogens (primary N) is 1. The zero-order valence-electron chi connectivity index (χ0n) is 10.5. The maximum absolute atomic E-state index is 13.0. The van der Waals surface area contributed by atoms with E-state index >= 15 is 0 Å². The fourth-order valence-corrected chi connectivity index (χ4v) is 1.75. The third-order valence-corrected chi connectivity index (χ3v) is 2.75. The SMILES string of the molecule is CN(C(=O)Cc1cccc(F)c1)c1ncccc1N. The van der Waals surface area contributed by atoms with Gasteiger partial charge in [0.05, 0.1) is 12.1 Å². The molecule has 2 rings (SSSR count). The number of halogens is 1. The van der Waals surface area contributed by atoms with Crippen LogP contribution >= 0.6 is 0 Å². The number of aromatic nitrogens is 1. The number of anilines is 2. The molecule has 0 aliphatic rings. The van der Waals surface area contributed by atoms with Crippen LogP contribution in [0.25, 0.3) is 0 Å². The fourth-order valence-electron chi connectivity index (χ4n) is 1.75. The molecule has 0 aliphatic heterocycles. The maximum atomic E-state index is 13.0. The molecule has 5 heteroatoms. The van der Waals surface area contributed by atoms with Crippen molar-refractivity contribution in [3.05, 3.63) is 54.0 Å². The van der Waals surface area contributed by atoms with Gasteiger partial charge in [-0.2, -0.15) is 0 Å². The first-order valence-corrected chi connectivity index (χ1v) is 5.79. The highest BCUT2D eigenvalue weighted by Crippen LogP contribution is 2.18. The lowest BCUT2D eigenvalue weighted by Gasteiger charge is -2.17. The summed E-state index contributed by atoms with van der Waals surface area (Å²) in [7, 11) is 1.60. The monoisotopic (exact) mass is 259 g/mol. The van der Waals surface area contributed by atoms with Gasteiger partial charge in [-0.15, -0.1) is 0 Å². The van der Waals surface area contributed by atoms with Crippen molar-refractivity contribution in [3.63, 3.8) is 0 Å². The van der Waals surface area contributed by atoms with Crippen LogP contribution in [-0.2, 0) is 11.2 Å². The van der Waals surface area contributed by atoms with E-state index in [2.05, 4.69) is 4.98 Å². The number of nitrogen functional groups attached to an aromatic ring is 1. The van der Waals surface area contributed by atoms with E-state index in [1.807, 2.05) is 0 Å². The van der Waals surface area contributed by atoms with Crippen molar-refractivity contribution in [1.82, 2.24) is 4.98 Å². The molecule has 4 nitrogen and oxygen atoms in total. The van der Waals surface area contributed by atoms with Crippen molar-refractivity contribution >= 4 is 17.4 Å². The summed E-state index contributed by atoms with van der Waals surface area (Å²) in [6.07, 6.45) is 1.67. The third-order valence-electron chi connectivity index (χ3n) is 2.75. The van der Waals surface area contributed by atoms with E-state index < -0.39 is 0 Å². The van der Waals surface area contributed by atoms with E-state index in [0.717, 1.165) is 0 Å². The summed E-state index contributed by atoms with van der Waals surface area (Å²) >= 11 is 0. The van der Waals surface area contributed by atoms with Gasteiger partial charge in [-0.25, -0.2) is 9.37 Å². The minimum atomic E-state index is -0.356. The zero-order chi connectivity index (χ0) is 13.8. The second kappa shape index (κ2) is 5.48. The average Bonchev–Trinajstić information content (AvgIpc) is 2.38. The first-order chi connectivity index (χ1) is 9.08. The number of nitrogens with zero attached hydrogens (tertiary/aromatic N) is 2. The molecule has 1 aromatic carbocycles. The standard InChI is InChI=1S/C14H14FN3O/c1-18(14-12(16)6-3-7-17-14)13(19)9-10-4-2-5-11(15)8-10/h2-8H,9,16H2,1H3. The molecule has 0 spiro atoms. The summed E-state index contributed by atoms with van der Waals surface area (Å²) in [6.45, 7) is 0. The van der Waals surface area contributed by atoms with E-state index in [1.54, 1.807) is 37.5 Å². The van der Waals surface area contributed by atoms with E-state index in [-0.39, 0.29) is 18.1 Å². The number of carbonyl (C=O) groups is 1. The first kappa shape index (κ1) is 13.0. The van der Waals surface area contributed by atoms with Crippen LogP contribution in [0.5, 0.6) is 0 Å². The summed E-state index contributed by atoms with van der Waals surface area (Å²) in [5.74, 6) is -0.148. The Labute approximate surface area is 110 Å². The lowest BCUT2D eigenvalue weighted by molar-refractivity contribution is -0.117. The van der Waals surface area contributed by atoms with Crippen LogP contribution in [0.1, 0.15) is 5.56 Å². The topological polar surface area (TPSA) is 59.2 Å². The van der Waals surface area contributed by atoms with Crippen molar-refractivity contribution in [3.8, 4) is 0 Å². The number of benzene rings is 1.